The molecule has 1 atom stereocenters. The molecule has 0 radical (unpaired) electrons. The summed E-state index contributed by atoms with van der Waals surface area (Å²) in [6.07, 6.45) is -3.93. The quantitative estimate of drug-likeness (QED) is 0.621. The van der Waals surface area contributed by atoms with Gasteiger partial charge in [0.25, 0.3) is 0 Å². The van der Waals surface area contributed by atoms with Crippen LogP contribution in [0.15, 0.2) is 4.99 Å². The summed E-state index contributed by atoms with van der Waals surface area (Å²) in [6, 6.07) is 0.464. The Labute approximate surface area is 119 Å². The molecule has 0 aromatic rings. The summed E-state index contributed by atoms with van der Waals surface area (Å²) in [7, 11) is 1.61. The molecule has 0 aromatic heterocycles. The van der Waals surface area contributed by atoms with Gasteiger partial charge in [-0.05, 0) is 19.5 Å². The van der Waals surface area contributed by atoms with Gasteiger partial charge in [-0.2, -0.15) is 13.2 Å². The molecule has 20 heavy (non-hydrogen) atoms. The van der Waals surface area contributed by atoms with E-state index in [4.69, 9.17) is 0 Å². The zero-order chi connectivity index (χ0) is 15.2. The van der Waals surface area contributed by atoms with Crippen LogP contribution < -0.4 is 5.32 Å². The maximum Gasteiger partial charge on any atom is 0.390 e. The molecule has 1 aliphatic rings. The molecule has 0 amide bonds. The second kappa shape index (κ2) is 7.71. The lowest BCUT2D eigenvalue weighted by atomic mass is 10.2. The summed E-state index contributed by atoms with van der Waals surface area (Å²) < 4.78 is 36.4. The summed E-state index contributed by atoms with van der Waals surface area (Å²) in [6.45, 7) is 7.79. The fourth-order valence-electron chi connectivity index (χ4n) is 2.62. The van der Waals surface area contributed by atoms with Gasteiger partial charge in [0.15, 0.2) is 5.96 Å². The topological polar surface area (TPSA) is 30.9 Å². The summed E-state index contributed by atoms with van der Waals surface area (Å²) >= 11 is 0. The Hall–Kier alpha value is -0.980. The third-order valence-corrected chi connectivity index (χ3v) is 3.70. The minimum atomic E-state index is -4.12. The molecule has 0 bridgehead atoms. The fraction of sp³-hybridized carbons (Fsp3) is 0.923. The van der Waals surface area contributed by atoms with Crippen molar-refractivity contribution < 1.29 is 13.2 Å². The first kappa shape index (κ1) is 17.1. The van der Waals surface area contributed by atoms with Gasteiger partial charge >= 0.3 is 6.18 Å². The van der Waals surface area contributed by atoms with E-state index in [1.165, 1.54) is 0 Å². The van der Waals surface area contributed by atoms with Crippen LogP contribution in [-0.4, -0.2) is 67.7 Å². The van der Waals surface area contributed by atoms with Crippen LogP contribution in [0, 0.1) is 0 Å². The van der Waals surface area contributed by atoms with Gasteiger partial charge in [0, 0.05) is 32.7 Å². The lowest BCUT2D eigenvalue weighted by molar-refractivity contribution is -0.132. The van der Waals surface area contributed by atoms with Crippen molar-refractivity contribution in [3.05, 3.63) is 0 Å². The molecule has 118 valence electrons. The Bertz CT molecular complexity index is 313. The van der Waals surface area contributed by atoms with Crippen molar-refractivity contribution >= 4 is 5.96 Å². The highest BCUT2D eigenvalue weighted by Crippen LogP contribution is 2.19. The molecular formula is C13H25F3N4. The van der Waals surface area contributed by atoms with Gasteiger partial charge in [0.2, 0.25) is 0 Å². The van der Waals surface area contributed by atoms with Gasteiger partial charge in [-0.25, -0.2) is 0 Å². The third-order valence-electron chi connectivity index (χ3n) is 3.70. The molecule has 0 aromatic carbocycles. The zero-order valence-electron chi connectivity index (χ0n) is 12.5. The first-order chi connectivity index (χ1) is 9.41. The Morgan fingerprint density at radius 3 is 2.50 bits per heavy atom. The van der Waals surface area contributed by atoms with E-state index >= 15 is 0 Å². The number of hydrogen-bond donors (Lipinski definition) is 1. The molecule has 1 aliphatic heterocycles. The summed E-state index contributed by atoms with van der Waals surface area (Å²) in [5, 5.41) is 2.80. The van der Waals surface area contributed by atoms with E-state index in [9.17, 15) is 13.2 Å². The molecule has 1 N–H and O–H groups in total. The number of hydrogen-bond acceptors (Lipinski definition) is 2. The standard InChI is InChI=1S/C13H25F3N4/c1-4-19(5-2)11-6-9-20(10-11)12(17-3)18-8-7-13(14,15)16/h11H,4-10H2,1-3H3,(H,17,18). The first-order valence-corrected chi connectivity index (χ1v) is 7.17. The number of halogens is 3. The molecule has 1 saturated heterocycles. The lowest BCUT2D eigenvalue weighted by Crippen LogP contribution is -2.44. The average molecular weight is 294 g/mol. The van der Waals surface area contributed by atoms with Crippen LogP contribution >= 0.6 is 0 Å². The molecule has 1 unspecified atom stereocenters. The number of likely N-dealkylation sites (N-methyl/N-ethyl adjacent to an activating group) is 1. The van der Waals surface area contributed by atoms with Crippen molar-refractivity contribution in [3.63, 3.8) is 0 Å². The van der Waals surface area contributed by atoms with Gasteiger partial charge in [-0.1, -0.05) is 13.8 Å². The molecular weight excluding hydrogens is 269 g/mol. The molecule has 7 heteroatoms. The van der Waals surface area contributed by atoms with Crippen molar-refractivity contribution in [2.45, 2.75) is 38.9 Å². The number of rotatable bonds is 5. The van der Waals surface area contributed by atoms with Crippen molar-refractivity contribution in [1.29, 1.82) is 0 Å². The predicted octanol–water partition coefficient (Wildman–Crippen LogP) is 1.93. The molecule has 0 saturated carbocycles. The van der Waals surface area contributed by atoms with E-state index in [-0.39, 0.29) is 6.54 Å². The highest BCUT2D eigenvalue weighted by molar-refractivity contribution is 5.80. The number of guanidine groups is 1. The molecule has 0 aliphatic carbocycles. The predicted molar refractivity (Wildman–Crippen MR) is 74.9 cm³/mol. The molecule has 1 heterocycles. The van der Waals surface area contributed by atoms with E-state index in [0.717, 1.165) is 32.6 Å². The number of alkyl halides is 3. The maximum absolute atomic E-state index is 12.1. The van der Waals surface area contributed by atoms with Crippen molar-refractivity contribution in [3.8, 4) is 0 Å². The van der Waals surface area contributed by atoms with Gasteiger partial charge in [-0.15, -0.1) is 0 Å². The summed E-state index contributed by atoms with van der Waals surface area (Å²) in [4.78, 5) is 8.50. The Morgan fingerprint density at radius 1 is 1.35 bits per heavy atom. The van der Waals surface area contributed by atoms with Gasteiger partial charge < -0.3 is 10.2 Å². The Morgan fingerprint density at radius 2 is 2.00 bits per heavy atom. The second-order valence-electron chi connectivity index (χ2n) is 4.95. The minimum absolute atomic E-state index is 0.122. The zero-order valence-corrected chi connectivity index (χ0v) is 12.5. The Balaban J connectivity index is 2.44. The van der Waals surface area contributed by atoms with Gasteiger partial charge in [-0.3, -0.25) is 9.89 Å². The third kappa shape index (κ3) is 5.19. The maximum atomic E-state index is 12.1. The number of nitrogens with one attached hydrogen (secondary N) is 1. The van der Waals surface area contributed by atoms with Crippen molar-refractivity contribution in [1.82, 2.24) is 15.1 Å². The highest BCUT2D eigenvalue weighted by atomic mass is 19.4. The normalized spacial score (nSPS) is 20.9. The number of likely N-dealkylation sites (tertiary alicyclic amines) is 1. The second-order valence-corrected chi connectivity index (χ2v) is 4.95. The SMILES string of the molecule is CCN(CC)C1CCN(C(=NC)NCCC(F)(F)F)C1. The van der Waals surface area contributed by atoms with Crippen LogP contribution in [0.1, 0.15) is 26.7 Å². The summed E-state index contributed by atoms with van der Waals surface area (Å²) in [5.74, 6) is 0.573. The minimum Gasteiger partial charge on any atom is -0.356 e. The van der Waals surface area contributed by atoms with Gasteiger partial charge in [0.05, 0.1) is 6.42 Å². The average Bonchev–Trinajstić information content (AvgIpc) is 2.84. The van der Waals surface area contributed by atoms with E-state index in [0.29, 0.717) is 12.0 Å². The van der Waals surface area contributed by atoms with Crippen LogP contribution in [0.5, 0.6) is 0 Å². The largest absolute Gasteiger partial charge is 0.390 e. The molecule has 1 fully saturated rings. The molecule has 0 spiro atoms. The van der Waals surface area contributed by atoms with Gasteiger partial charge in [0.1, 0.15) is 0 Å². The van der Waals surface area contributed by atoms with Crippen molar-refractivity contribution in [2.24, 2.45) is 4.99 Å². The highest BCUT2D eigenvalue weighted by Gasteiger charge is 2.29. The van der Waals surface area contributed by atoms with Crippen LogP contribution in [-0.2, 0) is 0 Å². The fourth-order valence-corrected chi connectivity index (χ4v) is 2.62. The van der Waals surface area contributed by atoms with Crippen molar-refractivity contribution in [2.75, 3.05) is 39.8 Å². The first-order valence-electron chi connectivity index (χ1n) is 7.17. The van der Waals surface area contributed by atoms with E-state index in [2.05, 4.69) is 29.1 Å². The van der Waals surface area contributed by atoms with Crippen LogP contribution in [0.25, 0.3) is 0 Å². The molecule has 1 rings (SSSR count). The number of aliphatic imine (C=N–C) groups is 1. The van der Waals surface area contributed by atoms with E-state index in [1.54, 1.807) is 7.05 Å². The number of nitrogens with zero attached hydrogens (tertiary/aromatic N) is 3. The Kier molecular flexibility index (Phi) is 6.58. The molecule has 4 nitrogen and oxygen atoms in total. The van der Waals surface area contributed by atoms with E-state index < -0.39 is 12.6 Å². The van der Waals surface area contributed by atoms with E-state index in [1.807, 2.05) is 4.90 Å². The lowest BCUT2D eigenvalue weighted by Gasteiger charge is -2.27. The summed E-state index contributed by atoms with van der Waals surface area (Å²) in [5.41, 5.74) is 0. The van der Waals surface area contributed by atoms with Crippen LogP contribution in [0.4, 0.5) is 13.2 Å². The van der Waals surface area contributed by atoms with Crippen LogP contribution in [0.2, 0.25) is 0 Å². The van der Waals surface area contributed by atoms with Crippen LogP contribution in [0.3, 0.4) is 0 Å². The smallest absolute Gasteiger partial charge is 0.356 e. The monoisotopic (exact) mass is 294 g/mol.